The third-order valence-corrected chi connectivity index (χ3v) is 3.35. The zero-order chi connectivity index (χ0) is 16.1. The molecule has 9 nitrogen and oxygen atoms in total. The summed E-state index contributed by atoms with van der Waals surface area (Å²) >= 11 is 0. The fraction of sp³-hybridized carbons (Fsp3) is 0.615. The van der Waals surface area contributed by atoms with Gasteiger partial charge in [-0.1, -0.05) is 0 Å². The third kappa shape index (κ3) is 3.74. The lowest BCUT2D eigenvalue weighted by Gasteiger charge is -2.16. The molecular formula is C13H18N2O7. The Morgan fingerprint density at radius 2 is 2.27 bits per heavy atom. The molecule has 2 heterocycles. The van der Waals surface area contributed by atoms with Crippen molar-refractivity contribution in [2.45, 2.75) is 31.6 Å². The summed E-state index contributed by atoms with van der Waals surface area (Å²) in [6, 6.07) is 0. The highest BCUT2D eigenvalue weighted by Crippen LogP contribution is 2.28. The Hall–Kier alpha value is -2.13. The molecule has 0 amide bonds. The van der Waals surface area contributed by atoms with Gasteiger partial charge < -0.3 is 19.3 Å². The number of carbonyl (C=O) groups excluding carboxylic acids is 1. The van der Waals surface area contributed by atoms with E-state index in [1.807, 2.05) is 0 Å². The number of carbonyl (C=O) groups is 1. The van der Waals surface area contributed by atoms with Crippen molar-refractivity contribution in [1.29, 1.82) is 0 Å². The van der Waals surface area contributed by atoms with Crippen LogP contribution in [-0.4, -0.2) is 47.1 Å². The van der Waals surface area contributed by atoms with Crippen LogP contribution in [0.5, 0.6) is 5.75 Å². The minimum atomic E-state index is -0.727. The number of H-pyrrole nitrogens is 1. The molecule has 0 spiro atoms. The lowest BCUT2D eigenvalue weighted by Crippen LogP contribution is -2.33. The van der Waals surface area contributed by atoms with E-state index in [-0.39, 0.29) is 18.5 Å². The van der Waals surface area contributed by atoms with Crippen LogP contribution in [-0.2, 0) is 14.3 Å². The van der Waals surface area contributed by atoms with Gasteiger partial charge in [0.15, 0.2) is 6.61 Å². The molecule has 2 rings (SSSR count). The molecule has 22 heavy (non-hydrogen) atoms. The van der Waals surface area contributed by atoms with E-state index >= 15 is 0 Å². The molecule has 122 valence electrons. The lowest BCUT2D eigenvalue weighted by molar-refractivity contribution is -0.142. The fourth-order valence-corrected chi connectivity index (χ4v) is 2.23. The van der Waals surface area contributed by atoms with Gasteiger partial charge in [0.1, 0.15) is 6.23 Å². The van der Waals surface area contributed by atoms with Gasteiger partial charge in [-0.15, -0.1) is 0 Å². The first-order valence-corrected chi connectivity index (χ1v) is 6.86. The highest BCUT2D eigenvalue weighted by atomic mass is 16.6. The minimum absolute atomic E-state index is 0.00536. The van der Waals surface area contributed by atoms with Crippen LogP contribution in [0.15, 0.2) is 15.8 Å². The Kier molecular flexibility index (Phi) is 5.34. The van der Waals surface area contributed by atoms with E-state index in [0.717, 1.165) is 0 Å². The summed E-state index contributed by atoms with van der Waals surface area (Å²) in [5.41, 5.74) is -1.35. The molecule has 1 saturated heterocycles. The number of nitrogens with one attached hydrogen (secondary N) is 1. The number of aromatic amines is 1. The van der Waals surface area contributed by atoms with Crippen LogP contribution in [0, 0.1) is 0 Å². The van der Waals surface area contributed by atoms with Crippen molar-refractivity contribution in [2.24, 2.45) is 0 Å². The predicted octanol–water partition coefficient (Wildman–Crippen LogP) is -0.852. The average molecular weight is 314 g/mol. The van der Waals surface area contributed by atoms with E-state index in [1.54, 1.807) is 0 Å². The number of aromatic nitrogens is 2. The van der Waals surface area contributed by atoms with Gasteiger partial charge in [-0.25, -0.2) is 9.59 Å². The number of nitrogens with zero attached hydrogens (tertiary/aromatic N) is 1. The molecule has 1 unspecified atom stereocenters. The van der Waals surface area contributed by atoms with Gasteiger partial charge in [-0.05, 0) is 19.3 Å². The SMILES string of the molecule is COC(=O)COc1cn(C2CC[C@@H](CCO)O2)c(=O)[nH]c1=O. The summed E-state index contributed by atoms with van der Waals surface area (Å²) in [4.78, 5) is 36.7. The number of methoxy groups -OCH3 is 1. The van der Waals surface area contributed by atoms with Crippen molar-refractivity contribution >= 4 is 5.97 Å². The Morgan fingerprint density at radius 3 is 2.95 bits per heavy atom. The van der Waals surface area contributed by atoms with Gasteiger partial charge in [0, 0.05) is 6.61 Å². The van der Waals surface area contributed by atoms with Gasteiger partial charge in [0.2, 0.25) is 5.75 Å². The summed E-state index contributed by atoms with van der Waals surface area (Å²) in [6.07, 6.45) is 2.31. The second-order valence-electron chi connectivity index (χ2n) is 4.83. The fourth-order valence-electron chi connectivity index (χ4n) is 2.23. The normalized spacial score (nSPS) is 20.8. The highest BCUT2D eigenvalue weighted by molar-refractivity contribution is 5.70. The van der Waals surface area contributed by atoms with E-state index in [1.165, 1.54) is 17.9 Å². The van der Waals surface area contributed by atoms with E-state index in [0.29, 0.717) is 19.3 Å². The molecule has 0 radical (unpaired) electrons. The molecular weight excluding hydrogens is 296 g/mol. The molecule has 9 heteroatoms. The van der Waals surface area contributed by atoms with Crippen molar-refractivity contribution in [1.82, 2.24) is 9.55 Å². The first kappa shape index (κ1) is 16.2. The Morgan fingerprint density at radius 1 is 1.50 bits per heavy atom. The van der Waals surface area contributed by atoms with Crippen molar-refractivity contribution in [3.63, 3.8) is 0 Å². The molecule has 0 aromatic carbocycles. The van der Waals surface area contributed by atoms with Gasteiger partial charge >= 0.3 is 11.7 Å². The maximum absolute atomic E-state index is 11.9. The molecule has 1 aromatic heterocycles. The van der Waals surface area contributed by atoms with Crippen LogP contribution in [0.2, 0.25) is 0 Å². The van der Waals surface area contributed by atoms with Crippen molar-refractivity contribution in [3.05, 3.63) is 27.0 Å². The maximum atomic E-state index is 11.9. The van der Waals surface area contributed by atoms with Gasteiger partial charge in [-0.2, -0.15) is 0 Å². The van der Waals surface area contributed by atoms with Crippen LogP contribution in [0.3, 0.4) is 0 Å². The zero-order valence-corrected chi connectivity index (χ0v) is 12.1. The molecule has 0 saturated carbocycles. The molecule has 1 aliphatic rings. The quantitative estimate of drug-likeness (QED) is 0.656. The monoisotopic (exact) mass is 314 g/mol. The maximum Gasteiger partial charge on any atom is 0.343 e. The molecule has 1 fully saturated rings. The summed E-state index contributed by atoms with van der Waals surface area (Å²) in [6.45, 7) is -0.429. The molecule has 1 aromatic rings. The first-order chi connectivity index (χ1) is 10.5. The summed E-state index contributed by atoms with van der Waals surface area (Å²) in [7, 11) is 1.20. The number of hydrogen-bond acceptors (Lipinski definition) is 7. The molecule has 2 atom stereocenters. The topological polar surface area (TPSA) is 120 Å². The van der Waals surface area contributed by atoms with Crippen LogP contribution < -0.4 is 16.0 Å². The van der Waals surface area contributed by atoms with Crippen LogP contribution in [0.4, 0.5) is 0 Å². The number of aliphatic hydroxyl groups is 1. The van der Waals surface area contributed by atoms with E-state index in [2.05, 4.69) is 9.72 Å². The van der Waals surface area contributed by atoms with Crippen molar-refractivity contribution < 1.29 is 24.1 Å². The smallest absolute Gasteiger partial charge is 0.343 e. The van der Waals surface area contributed by atoms with Gasteiger partial charge in [-0.3, -0.25) is 14.3 Å². The zero-order valence-electron chi connectivity index (χ0n) is 12.1. The number of esters is 1. The van der Waals surface area contributed by atoms with Crippen LogP contribution >= 0.6 is 0 Å². The summed E-state index contributed by atoms with van der Waals surface area (Å²) < 4.78 is 16.3. The summed E-state index contributed by atoms with van der Waals surface area (Å²) in [5, 5.41) is 8.90. The van der Waals surface area contributed by atoms with Crippen molar-refractivity contribution in [2.75, 3.05) is 20.3 Å². The number of aliphatic hydroxyl groups excluding tert-OH is 1. The predicted molar refractivity (Wildman–Crippen MR) is 73.7 cm³/mol. The van der Waals surface area contributed by atoms with E-state index in [9.17, 15) is 14.4 Å². The Balaban J connectivity index is 2.16. The molecule has 0 bridgehead atoms. The lowest BCUT2D eigenvalue weighted by atomic mass is 10.2. The number of rotatable bonds is 6. The first-order valence-electron chi connectivity index (χ1n) is 6.86. The van der Waals surface area contributed by atoms with Crippen molar-refractivity contribution in [3.8, 4) is 5.75 Å². The third-order valence-electron chi connectivity index (χ3n) is 3.35. The molecule has 0 aliphatic carbocycles. The van der Waals surface area contributed by atoms with Crippen LogP contribution in [0.25, 0.3) is 0 Å². The van der Waals surface area contributed by atoms with Gasteiger partial charge in [0.25, 0.3) is 5.56 Å². The van der Waals surface area contributed by atoms with E-state index in [4.69, 9.17) is 14.6 Å². The second kappa shape index (κ2) is 7.23. The second-order valence-corrected chi connectivity index (χ2v) is 4.83. The standard InChI is InChI=1S/C13H18N2O7/c1-20-11(17)7-21-9-6-15(13(19)14-12(9)18)10-3-2-8(22-10)4-5-16/h6,8,10,16H,2-5,7H2,1H3,(H,14,18,19)/t8-,10?/m0/s1. The molecule has 2 N–H and O–H groups in total. The number of hydrogen-bond donors (Lipinski definition) is 2. The Bertz CT molecular complexity index is 636. The molecule has 1 aliphatic heterocycles. The number of ether oxygens (including phenoxy) is 3. The van der Waals surface area contributed by atoms with Crippen LogP contribution in [0.1, 0.15) is 25.5 Å². The Labute approximate surface area is 125 Å². The highest BCUT2D eigenvalue weighted by Gasteiger charge is 2.27. The largest absolute Gasteiger partial charge is 0.475 e. The average Bonchev–Trinajstić information content (AvgIpc) is 2.94. The minimum Gasteiger partial charge on any atom is -0.475 e. The van der Waals surface area contributed by atoms with E-state index < -0.39 is 30.1 Å². The van der Waals surface area contributed by atoms with Gasteiger partial charge in [0.05, 0.1) is 19.4 Å². The summed E-state index contributed by atoms with van der Waals surface area (Å²) in [5.74, 6) is -0.809.